The number of Topliss-reactive ketones (excluding diaryl/α,β-unsaturated/α-hetero) is 1. The van der Waals surface area contributed by atoms with Crippen LogP contribution >= 0.6 is 0 Å². The van der Waals surface area contributed by atoms with Crippen LogP contribution in [0.25, 0.3) is 5.76 Å². The Labute approximate surface area is 171 Å². The van der Waals surface area contributed by atoms with E-state index in [-0.39, 0.29) is 17.3 Å². The Balaban J connectivity index is 1.91. The lowest BCUT2D eigenvalue weighted by atomic mass is 9.95. The Bertz CT molecular complexity index is 1130. The van der Waals surface area contributed by atoms with Crippen molar-refractivity contribution in [3.63, 3.8) is 0 Å². The number of aromatic nitrogens is 2. The largest absolute Gasteiger partial charge is 0.507 e. The van der Waals surface area contributed by atoms with Gasteiger partial charge in [0.15, 0.2) is 0 Å². The van der Waals surface area contributed by atoms with Crippen molar-refractivity contribution in [3.05, 3.63) is 89.5 Å². The average molecular weight is 405 g/mol. The van der Waals surface area contributed by atoms with E-state index in [0.29, 0.717) is 16.9 Å². The molecule has 1 atom stereocenters. The summed E-state index contributed by atoms with van der Waals surface area (Å²) in [5, 5.41) is 10.9. The molecule has 0 spiro atoms. The van der Waals surface area contributed by atoms with Crippen LogP contribution in [0.3, 0.4) is 0 Å². The molecular weight excluding hydrogens is 389 g/mol. The number of anilines is 1. The maximum atomic E-state index is 13.5. The molecule has 0 saturated carbocycles. The molecule has 1 amide bonds. The summed E-state index contributed by atoms with van der Waals surface area (Å²) in [6.07, 6.45) is 2.87. The number of aliphatic hydroxyl groups excluding tert-OH is 1. The van der Waals surface area contributed by atoms with Gasteiger partial charge in [-0.05, 0) is 48.0 Å². The van der Waals surface area contributed by atoms with E-state index in [4.69, 9.17) is 4.74 Å². The molecule has 1 N–H and O–H groups in total. The molecule has 1 saturated heterocycles. The van der Waals surface area contributed by atoms with Crippen molar-refractivity contribution in [1.29, 1.82) is 0 Å². The Hall–Kier alpha value is -4.07. The van der Waals surface area contributed by atoms with Crippen molar-refractivity contribution in [2.75, 3.05) is 12.0 Å². The molecule has 2 heterocycles. The lowest BCUT2D eigenvalue weighted by Crippen LogP contribution is -2.31. The van der Waals surface area contributed by atoms with Gasteiger partial charge in [-0.25, -0.2) is 14.4 Å². The first kappa shape index (κ1) is 19.3. The van der Waals surface area contributed by atoms with Gasteiger partial charge in [0.25, 0.3) is 5.78 Å². The SMILES string of the molecule is COc1ccc(/C(O)=C2\C(=O)C(=O)N(c3ncccn3)[C@@H]2c2ccc(F)cc2)cc1. The van der Waals surface area contributed by atoms with Crippen LogP contribution in [0, 0.1) is 5.82 Å². The molecule has 7 nitrogen and oxygen atoms in total. The van der Waals surface area contributed by atoms with Crippen LogP contribution in [-0.4, -0.2) is 33.9 Å². The highest BCUT2D eigenvalue weighted by atomic mass is 19.1. The number of rotatable bonds is 4. The third-order valence-electron chi connectivity index (χ3n) is 4.76. The van der Waals surface area contributed by atoms with Crippen molar-refractivity contribution >= 4 is 23.4 Å². The van der Waals surface area contributed by atoms with Gasteiger partial charge in [-0.1, -0.05) is 12.1 Å². The molecule has 0 radical (unpaired) electrons. The Morgan fingerprint density at radius 2 is 1.67 bits per heavy atom. The van der Waals surface area contributed by atoms with E-state index < -0.39 is 23.5 Å². The summed E-state index contributed by atoms with van der Waals surface area (Å²) >= 11 is 0. The summed E-state index contributed by atoms with van der Waals surface area (Å²) in [5.74, 6) is -2.02. The minimum atomic E-state index is -1.02. The number of methoxy groups -OCH3 is 1. The molecular formula is C22H16FN3O4. The molecule has 0 aliphatic carbocycles. The molecule has 0 bridgehead atoms. The molecule has 150 valence electrons. The number of hydrogen-bond acceptors (Lipinski definition) is 6. The van der Waals surface area contributed by atoms with Crippen LogP contribution in [0.5, 0.6) is 5.75 Å². The third kappa shape index (κ3) is 3.28. The number of nitrogens with zero attached hydrogens (tertiary/aromatic N) is 3. The van der Waals surface area contributed by atoms with E-state index in [9.17, 15) is 19.1 Å². The maximum Gasteiger partial charge on any atom is 0.302 e. The minimum Gasteiger partial charge on any atom is -0.507 e. The van der Waals surface area contributed by atoms with Gasteiger partial charge in [0, 0.05) is 18.0 Å². The van der Waals surface area contributed by atoms with E-state index in [1.165, 1.54) is 43.8 Å². The molecule has 1 aromatic heterocycles. The van der Waals surface area contributed by atoms with Crippen LogP contribution < -0.4 is 9.64 Å². The third-order valence-corrected chi connectivity index (χ3v) is 4.76. The molecule has 0 unspecified atom stereocenters. The fraction of sp³-hybridized carbons (Fsp3) is 0.0909. The number of halogens is 1. The quantitative estimate of drug-likeness (QED) is 0.407. The van der Waals surface area contributed by atoms with Gasteiger partial charge in [0.1, 0.15) is 17.3 Å². The van der Waals surface area contributed by atoms with E-state index in [2.05, 4.69) is 9.97 Å². The first-order valence-electron chi connectivity index (χ1n) is 8.99. The molecule has 1 aliphatic rings. The lowest BCUT2D eigenvalue weighted by Gasteiger charge is -2.23. The fourth-order valence-electron chi connectivity index (χ4n) is 3.32. The molecule has 1 aliphatic heterocycles. The predicted octanol–water partition coefficient (Wildman–Crippen LogP) is 3.25. The topological polar surface area (TPSA) is 92.6 Å². The number of carbonyl (C=O) groups is 2. The van der Waals surface area contributed by atoms with Crippen LogP contribution in [0.4, 0.5) is 10.3 Å². The molecule has 4 rings (SSSR count). The predicted molar refractivity (Wildman–Crippen MR) is 106 cm³/mol. The number of aliphatic hydroxyl groups is 1. The van der Waals surface area contributed by atoms with E-state index >= 15 is 0 Å². The summed E-state index contributed by atoms with van der Waals surface area (Å²) < 4.78 is 18.6. The Kier molecular flexibility index (Phi) is 4.97. The zero-order valence-corrected chi connectivity index (χ0v) is 15.8. The molecule has 2 aromatic carbocycles. The van der Waals surface area contributed by atoms with Crippen molar-refractivity contribution in [2.45, 2.75) is 6.04 Å². The number of hydrogen-bond donors (Lipinski definition) is 1. The first-order chi connectivity index (χ1) is 14.5. The first-order valence-corrected chi connectivity index (χ1v) is 8.99. The number of benzene rings is 2. The maximum absolute atomic E-state index is 13.5. The summed E-state index contributed by atoms with van der Waals surface area (Å²) in [6, 6.07) is 12.3. The number of amides is 1. The Morgan fingerprint density at radius 3 is 2.27 bits per heavy atom. The van der Waals surface area contributed by atoms with Gasteiger partial charge in [-0.2, -0.15) is 0 Å². The Morgan fingerprint density at radius 1 is 1.03 bits per heavy atom. The van der Waals surface area contributed by atoms with Crippen molar-refractivity contribution < 1.29 is 23.8 Å². The van der Waals surface area contributed by atoms with Crippen LogP contribution in [-0.2, 0) is 9.59 Å². The number of ether oxygens (including phenoxy) is 1. The van der Waals surface area contributed by atoms with Gasteiger partial charge in [0.05, 0.1) is 18.7 Å². The van der Waals surface area contributed by atoms with Crippen LogP contribution in [0.2, 0.25) is 0 Å². The van der Waals surface area contributed by atoms with E-state index in [1.807, 2.05) is 0 Å². The van der Waals surface area contributed by atoms with Gasteiger partial charge in [0.2, 0.25) is 5.95 Å². The van der Waals surface area contributed by atoms with Crippen molar-refractivity contribution in [3.8, 4) is 5.75 Å². The second-order valence-electron chi connectivity index (χ2n) is 6.50. The monoisotopic (exact) mass is 405 g/mol. The van der Waals surface area contributed by atoms with Gasteiger partial charge < -0.3 is 9.84 Å². The molecule has 30 heavy (non-hydrogen) atoms. The smallest absolute Gasteiger partial charge is 0.302 e. The van der Waals surface area contributed by atoms with Crippen LogP contribution in [0.1, 0.15) is 17.2 Å². The summed E-state index contributed by atoms with van der Waals surface area (Å²) in [4.78, 5) is 35.0. The molecule has 3 aromatic rings. The van der Waals surface area contributed by atoms with Gasteiger partial charge >= 0.3 is 5.91 Å². The fourth-order valence-corrected chi connectivity index (χ4v) is 3.32. The zero-order chi connectivity index (χ0) is 21.3. The summed E-state index contributed by atoms with van der Waals surface area (Å²) in [7, 11) is 1.51. The second kappa shape index (κ2) is 7.75. The van der Waals surface area contributed by atoms with Gasteiger partial charge in [-0.3, -0.25) is 14.5 Å². The van der Waals surface area contributed by atoms with Crippen molar-refractivity contribution in [2.24, 2.45) is 0 Å². The standard InChI is InChI=1S/C22H16FN3O4/c1-30-16-9-5-14(6-10-16)19(27)17-18(13-3-7-15(23)8-4-13)26(21(29)20(17)28)22-24-11-2-12-25-22/h2-12,18,27H,1H3/b19-17+/t18-/m1/s1. The minimum absolute atomic E-state index is 0.00251. The van der Waals surface area contributed by atoms with Crippen molar-refractivity contribution in [1.82, 2.24) is 9.97 Å². The highest BCUT2D eigenvalue weighted by Crippen LogP contribution is 2.41. The molecule has 1 fully saturated rings. The van der Waals surface area contributed by atoms with Gasteiger partial charge in [-0.15, -0.1) is 0 Å². The number of carbonyl (C=O) groups excluding carboxylic acids is 2. The van der Waals surface area contributed by atoms with Crippen LogP contribution in [0.15, 0.2) is 72.6 Å². The highest BCUT2D eigenvalue weighted by Gasteiger charge is 2.48. The summed E-state index contributed by atoms with van der Waals surface area (Å²) in [5.41, 5.74) is 0.622. The second-order valence-corrected chi connectivity index (χ2v) is 6.50. The average Bonchev–Trinajstić information content (AvgIpc) is 3.05. The van der Waals surface area contributed by atoms with E-state index in [0.717, 1.165) is 4.90 Å². The lowest BCUT2D eigenvalue weighted by molar-refractivity contribution is -0.132. The molecule has 8 heteroatoms. The normalized spacial score (nSPS) is 17.9. The zero-order valence-electron chi connectivity index (χ0n) is 15.8. The van der Waals surface area contributed by atoms with E-state index in [1.54, 1.807) is 30.3 Å². The summed E-state index contributed by atoms with van der Waals surface area (Å²) in [6.45, 7) is 0. The number of ketones is 1. The highest BCUT2D eigenvalue weighted by molar-refractivity contribution is 6.51.